The Balaban J connectivity index is 1.96. The monoisotopic (exact) mass is 301 g/mol. The summed E-state index contributed by atoms with van der Waals surface area (Å²) >= 11 is 0. The highest BCUT2D eigenvalue weighted by Crippen LogP contribution is 2.24. The van der Waals surface area contributed by atoms with Gasteiger partial charge in [0.05, 0.1) is 25.0 Å². The number of nitrogens with zero attached hydrogens (tertiary/aromatic N) is 2. The third-order valence-corrected chi connectivity index (χ3v) is 5.18. The number of aryl methyl sites for hydroxylation is 1. The van der Waals surface area contributed by atoms with E-state index in [1.54, 1.807) is 0 Å². The Morgan fingerprint density at radius 3 is 2.95 bits per heavy atom. The lowest BCUT2D eigenvalue weighted by Gasteiger charge is -2.35. The molecule has 1 aromatic heterocycles. The lowest BCUT2D eigenvalue weighted by molar-refractivity contribution is -0.0107. The van der Waals surface area contributed by atoms with Crippen molar-refractivity contribution in [2.45, 2.75) is 12.5 Å². The molecule has 1 aromatic rings. The van der Waals surface area contributed by atoms with Gasteiger partial charge in [-0.1, -0.05) is 0 Å². The standard InChI is InChI=1S/C13H23N3O3S/c1-14-20(17,18)10-4-7-16-8-9-19-11-13(16)12-5-3-6-15(12)2/h3,5-6,13-14H,4,7-11H2,1-2H3. The van der Waals surface area contributed by atoms with E-state index >= 15 is 0 Å². The highest BCUT2D eigenvalue weighted by atomic mass is 32.2. The van der Waals surface area contributed by atoms with Gasteiger partial charge in [0.2, 0.25) is 10.0 Å². The van der Waals surface area contributed by atoms with Crippen molar-refractivity contribution >= 4 is 10.0 Å². The predicted molar refractivity (Wildman–Crippen MR) is 78.0 cm³/mol. The Bertz CT molecular complexity index is 527. The second kappa shape index (κ2) is 6.71. The summed E-state index contributed by atoms with van der Waals surface area (Å²) in [5.41, 5.74) is 1.21. The number of hydrogen-bond acceptors (Lipinski definition) is 4. The first-order valence-electron chi connectivity index (χ1n) is 6.88. The molecule has 0 aromatic carbocycles. The topological polar surface area (TPSA) is 63.6 Å². The molecule has 0 aliphatic carbocycles. The Kier molecular flexibility index (Phi) is 5.20. The number of nitrogens with one attached hydrogen (secondary N) is 1. The number of sulfonamides is 1. The molecule has 1 aliphatic heterocycles. The van der Waals surface area contributed by atoms with Crippen LogP contribution in [0.3, 0.4) is 0 Å². The van der Waals surface area contributed by atoms with Gasteiger partial charge in [-0.3, -0.25) is 4.90 Å². The summed E-state index contributed by atoms with van der Waals surface area (Å²) in [5, 5.41) is 0. The van der Waals surface area contributed by atoms with Crippen LogP contribution >= 0.6 is 0 Å². The Hall–Kier alpha value is -0.890. The molecule has 2 rings (SSSR count). The van der Waals surface area contributed by atoms with Gasteiger partial charge in [0.15, 0.2) is 0 Å². The van der Waals surface area contributed by atoms with E-state index < -0.39 is 10.0 Å². The van der Waals surface area contributed by atoms with Gasteiger partial charge in [-0.2, -0.15) is 0 Å². The van der Waals surface area contributed by atoms with Gasteiger partial charge in [-0.25, -0.2) is 13.1 Å². The summed E-state index contributed by atoms with van der Waals surface area (Å²) in [6.45, 7) is 2.98. The fourth-order valence-corrected chi connectivity index (χ4v) is 3.27. The molecule has 0 spiro atoms. The average Bonchev–Trinajstić information content (AvgIpc) is 2.85. The lowest BCUT2D eigenvalue weighted by Crippen LogP contribution is -2.41. The zero-order chi connectivity index (χ0) is 14.6. The fraction of sp³-hybridized carbons (Fsp3) is 0.692. The first-order valence-corrected chi connectivity index (χ1v) is 8.53. The van der Waals surface area contributed by atoms with Crippen LogP contribution in [0.4, 0.5) is 0 Å². The van der Waals surface area contributed by atoms with Crippen molar-refractivity contribution in [1.82, 2.24) is 14.2 Å². The molecule has 20 heavy (non-hydrogen) atoms. The minimum Gasteiger partial charge on any atom is -0.378 e. The van der Waals surface area contributed by atoms with E-state index in [1.807, 2.05) is 19.3 Å². The van der Waals surface area contributed by atoms with Crippen molar-refractivity contribution in [2.24, 2.45) is 7.05 Å². The molecule has 0 radical (unpaired) electrons. The molecular formula is C13H23N3O3S. The Morgan fingerprint density at radius 1 is 1.50 bits per heavy atom. The molecule has 0 bridgehead atoms. The zero-order valence-corrected chi connectivity index (χ0v) is 12.9. The molecule has 0 amide bonds. The van der Waals surface area contributed by atoms with E-state index in [0.717, 1.165) is 13.1 Å². The number of morpholine rings is 1. The van der Waals surface area contributed by atoms with Gasteiger partial charge < -0.3 is 9.30 Å². The van der Waals surface area contributed by atoms with Crippen molar-refractivity contribution in [3.05, 3.63) is 24.0 Å². The highest BCUT2D eigenvalue weighted by Gasteiger charge is 2.26. The first-order chi connectivity index (χ1) is 9.53. The SMILES string of the molecule is CNS(=O)(=O)CCCN1CCOCC1c1cccn1C. The molecule has 1 atom stereocenters. The molecule has 2 heterocycles. The normalized spacial score (nSPS) is 21.2. The summed E-state index contributed by atoms with van der Waals surface area (Å²) in [7, 11) is 0.364. The Morgan fingerprint density at radius 2 is 2.30 bits per heavy atom. The van der Waals surface area contributed by atoms with Gasteiger partial charge in [-0.15, -0.1) is 0 Å². The maximum absolute atomic E-state index is 11.4. The molecule has 114 valence electrons. The summed E-state index contributed by atoms with van der Waals surface area (Å²) in [6.07, 6.45) is 2.65. The molecule has 0 saturated carbocycles. The van der Waals surface area contributed by atoms with Gasteiger partial charge in [-0.05, 0) is 25.6 Å². The van der Waals surface area contributed by atoms with Gasteiger partial charge in [0.25, 0.3) is 0 Å². The van der Waals surface area contributed by atoms with Crippen LogP contribution in [0.15, 0.2) is 18.3 Å². The number of ether oxygens (including phenoxy) is 1. The second-order valence-corrected chi connectivity index (χ2v) is 7.09. The minimum atomic E-state index is -3.11. The third kappa shape index (κ3) is 3.82. The lowest BCUT2D eigenvalue weighted by atomic mass is 10.1. The first kappa shape index (κ1) is 15.5. The minimum absolute atomic E-state index is 0.167. The van der Waals surface area contributed by atoms with Crippen molar-refractivity contribution in [2.75, 3.05) is 39.1 Å². The molecule has 1 N–H and O–H groups in total. The van der Waals surface area contributed by atoms with Crippen LogP contribution in [-0.4, -0.2) is 57.0 Å². The summed E-state index contributed by atoms with van der Waals surface area (Å²) < 4.78 is 32.9. The second-order valence-electron chi connectivity index (χ2n) is 5.05. The van der Waals surface area contributed by atoms with Gasteiger partial charge in [0.1, 0.15) is 0 Å². The van der Waals surface area contributed by atoms with Crippen LogP contribution in [0.2, 0.25) is 0 Å². The van der Waals surface area contributed by atoms with Crippen LogP contribution in [-0.2, 0) is 21.8 Å². The smallest absolute Gasteiger partial charge is 0.211 e. The van der Waals surface area contributed by atoms with Crippen molar-refractivity contribution in [3.8, 4) is 0 Å². The van der Waals surface area contributed by atoms with Gasteiger partial charge >= 0.3 is 0 Å². The predicted octanol–water partition coefficient (Wildman–Crippen LogP) is 0.338. The molecular weight excluding hydrogens is 278 g/mol. The van der Waals surface area contributed by atoms with Crippen LogP contribution < -0.4 is 4.72 Å². The van der Waals surface area contributed by atoms with Crippen LogP contribution in [0.5, 0.6) is 0 Å². The maximum Gasteiger partial charge on any atom is 0.211 e. The Labute approximate surface area is 120 Å². The van der Waals surface area contributed by atoms with Crippen molar-refractivity contribution in [3.63, 3.8) is 0 Å². The van der Waals surface area contributed by atoms with Gasteiger partial charge in [0, 0.05) is 32.0 Å². The van der Waals surface area contributed by atoms with E-state index in [4.69, 9.17) is 4.74 Å². The van der Waals surface area contributed by atoms with E-state index in [9.17, 15) is 8.42 Å². The van der Waals surface area contributed by atoms with E-state index in [-0.39, 0.29) is 11.8 Å². The van der Waals surface area contributed by atoms with Crippen LogP contribution in [0.25, 0.3) is 0 Å². The highest BCUT2D eigenvalue weighted by molar-refractivity contribution is 7.89. The summed E-state index contributed by atoms with van der Waals surface area (Å²) in [5.74, 6) is 0.167. The van der Waals surface area contributed by atoms with E-state index in [0.29, 0.717) is 19.6 Å². The zero-order valence-electron chi connectivity index (χ0n) is 12.1. The average molecular weight is 301 g/mol. The molecule has 6 nitrogen and oxygen atoms in total. The quantitative estimate of drug-likeness (QED) is 0.823. The van der Waals surface area contributed by atoms with E-state index in [1.165, 1.54) is 12.7 Å². The summed E-state index contributed by atoms with van der Waals surface area (Å²) in [4.78, 5) is 2.31. The largest absolute Gasteiger partial charge is 0.378 e. The van der Waals surface area contributed by atoms with Crippen LogP contribution in [0.1, 0.15) is 18.2 Å². The number of rotatable bonds is 6. The molecule has 1 aliphatic rings. The molecule has 7 heteroatoms. The number of hydrogen-bond donors (Lipinski definition) is 1. The maximum atomic E-state index is 11.4. The van der Waals surface area contributed by atoms with Crippen LogP contribution in [0, 0.1) is 0 Å². The van der Waals surface area contributed by atoms with E-state index in [2.05, 4.69) is 20.3 Å². The fourth-order valence-electron chi connectivity index (χ4n) is 2.56. The molecule has 1 saturated heterocycles. The number of aromatic nitrogens is 1. The molecule has 1 unspecified atom stereocenters. The van der Waals surface area contributed by atoms with Crippen molar-refractivity contribution < 1.29 is 13.2 Å². The molecule has 1 fully saturated rings. The third-order valence-electron chi connectivity index (χ3n) is 3.73. The van der Waals surface area contributed by atoms with Crippen molar-refractivity contribution in [1.29, 1.82) is 0 Å². The summed E-state index contributed by atoms with van der Waals surface area (Å²) in [6, 6.07) is 4.32.